The van der Waals surface area contributed by atoms with Crippen LogP contribution in [0.2, 0.25) is 10.0 Å². The summed E-state index contributed by atoms with van der Waals surface area (Å²) in [7, 11) is 1.32. The molecule has 0 atom stereocenters. The average Bonchev–Trinajstić information content (AvgIpc) is 2.98. The van der Waals surface area contributed by atoms with Gasteiger partial charge in [-0.15, -0.1) is 0 Å². The Morgan fingerprint density at radius 3 is 2.62 bits per heavy atom. The van der Waals surface area contributed by atoms with E-state index in [-0.39, 0.29) is 5.91 Å². The summed E-state index contributed by atoms with van der Waals surface area (Å²) >= 11 is 13.3. The molecule has 1 fully saturated rings. The molecule has 0 aliphatic carbocycles. The molecule has 26 heavy (non-hydrogen) atoms. The summed E-state index contributed by atoms with van der Waals surface area (Å²) in [5.41, 5.74) is 1.69. The van der Waals surface area contributed by atoms with Gasteiger partial charge in [0.05, 0.1) is 33.3 Å². The first-order valence-corrected chi connectivity index (χ1v) is 8.97. The lowest BCUT2D eigenvalue weighted by atomic mass is 10.1. The second-order valence-corrected chi connectivity index (χ2v) is 6.98. The molecule has 1 amide bonds. The minimum atomic E-state index is -0.412. The molecule has 0 saturated carbocycles. The molecule has 1 N–H and O–H groups in total. The van der Waals surface area contributed by atoms with Crippen LogP contribution in [-0.2, 0) is 9.53 Å². The number of amides is 1. The molecular weight excluding hydrogens is 395 g/mol. The standard InChI is InChI=1S/C18H12Cl2N2O3S/c1-25-17(24)11-7-5-10(6-8-11)9-14-16(23)22-18(26-14)21-13-4-2-3-12(19)15(13)20/h2-9H,1H3,(H,21,22,23)/b14-9+. The van der Waals surface area contributed by atoms with Crippen LogP contribution < -0.4 is 5.32 Å². The van der Waals surface area contributed by atoms with E-state index in [9.17, 15) is 9.59 Å². The summed E-state index contributed by atoms with van der Waals surface area (Å²) < 4.78 is 4.66. The minimum absolute atomic E-state index is 0.260. The van der Waals surface area contributed by atoms with Gasteiger partial charge in [0.2, 0.25) is 0 Å². The maximum absolute atomic E-state index is 12.1. The number of nitrogens with zero attached hydrogens (tertiary/aromatic N) is 1. The van der Waals surface area contributed by atoms with Gasteiger partial charge >= 0.3 is 5.97 Å². The highest BCUT2D eigenvalue weighted by molar-refractivity contribution is 8.18. The lowest BCUT2D eigenvalue weighted by molar-refractivity contribution is -0.115. The van der Waals surface area contributed by atoms with E-state index in [1.807, 2.05) is 0 Å². The number of hydrogen-bond donors (Lipinski definition) is 1. The van der Waals surface area contributed by atoms with Crippen LogP contribution in [0.5, 0.6) is 0 Å². The maximum Gasteiger partial charge on any atom is 0.337 e. The number of carbonyl (C=O) groups excluding carboxylic acids is 2. The highest BCUT2D eigenvalue weighted by atomic mass is 35.5. The van der Waals surface area contributed by atoms with Gasteiger partial charge in [0.15, 0.2) is 5.17 Å². The van der Waals surface area contributed by atoms with Crippen LogP contribution in [0.4, 0.5) is 5.69 Å². The molecule has 1 aliphatic rings. The predicted octanol–water partition coefficient (Wildman–Crippen LogP) is 4.67. The van der Waals surface area contributed by atoms with Crippen molar-refractivity contribution in [3.05, 3.63) is 68.5 Å². The third kappa shape index (κ3) is 4.09. The van der Waals surface area contributed by atoms with Crippen LogP contribution in [-0.4, -0.2) is 24.2 Å². The van der Waals surface area contributed by atoms with Gasteiger partial charge in [-0.1, -0.05) is 41.4 Å². The number of nitrogens with one attached hydrogen (secondary N) is 1. The summed E-state index contributed by atoms with van der Waals surface area (Å²) in [5.74, 6) is -0.672. The van der Waals surface area contributed by atoms with Gasteiger partial charge < -0.3 is 10.1 Å². The van der Waals surface area contributed by atoms with Crippen LogP contribution in [0.1, 0.15) is 15.9 Å². The van der Waals surface area contributed by atoms with Gasteiger partial charge in [-0.3, -0.25) is 4.79 Å². The van der Waals surface area contributed by atoms with Crippen molar-refractivity contribution in [2.45, 2.75) is 0 Å². The second-order valence-electron chi connectivity index (χ2n) is 5.17. The Kier molecular flexibility index (Phi) is 5.66. The van der Waals surface area contributed by atoms with E-state index in [0.717, 1.165) is 5.56 Å². The van der Waals surface area contributed by atoms with Crippen LogP contribution in [0, 0.1) is 0 Å². The molecule has 2 aromatic rings. The first kappa shape index (κ1) is 18.5. The summed E-state index contributed by atoms with van der Waals surface area (Å²) in [5, 5.41) is 3.82. The number of aliphatic imine (C=N–C) groups is 1. The molecule has 0 aromatic heterocycles. The Bertz CT molecular complexity index is 940. The van der Waals surface area contributed by atoms with E-state index in [0.29, 0.717) is 31.4 Å². The summed E-state index contributed by atoms with van der Waals surface area (Å²) in [4.78, 5) is 28.4. The smallest absolute Gasteiger partial charge is 0.337 e. The van der Waals surface area contributed by atoms with Crippen molar-refractivity contribution < 1.29 is 14.3 Å². The second kappa shape index (κ2) is 7.95. The number of methoxy groups -OCH3 is 1. The Labute approximate surface area is 164 Å². The van der Waals surface area contributed by atoms with E-state index in [1.165, 1.54) is 18.9 Å². The molecule has 0 unspecified atom stereocenters. The number of ether oxygens (including phenoxy) is 1. The lowest BCUT2D eigenvalue weighted by Crippen LogP contribution is -2.19. The predicted molar refractivity (Wildman–Crippen MR) is 105 cm³/mol. The first-order chi connectivity index (χ1) is 12.5. The molecule has 0 spiro atoms. The number of halogens is 2. The Hall–Kier alpha value is -2.28. The molecule has 0 radical (unpaired) electrons. The normalized spacial score (nSPS) is 16.8. The van der Waals surface area contributed by atoms with Crippen molar-refractivity contribution in [3.63, 3.8) is 0 Å². The summed E-state index contributed by atoms with van der Waals surface area (Å²) in [6.07, 6.45) is 1.71. The molecule has 0 bridgehead atoms. The molecule has 8 heteroatoms. The van der Waals surface area contributed by atoms with E-state index < -0.39 is 5.97 Å². The molecular formula is C18H12Cl2N2O3S. The van der Waals surface area contributed by atoms with Crippen LogP contribution in [0.25, 0.3) is 6.08 Å². The quantitative estimate of drug-likeness (QED) is 0.593. The fraction of sp³-hybridized carbons (Fsp3) is 0.0556. The Morgan fingerprint density at radius 1 is 1.19 bits per heavy atom. The zero-order valence-electron chi connectivity index (χ0n) is 13.5. The fourth-order valence-corrected chi connectivity index (χ4v) is 3.33. The SMILES string of the molecule is COC(=O)c1ccc(/C=C2/SC(=Nc3cccc(Cl)c3Cl)NC2=O)cc1. The maximum atomic E-state index is 12.1. The average molecular weight is 407 g/mol. The summed E-state index contributed by atoms with van der Waals surface area (Å²) in [6.45, 7) is 0. The fourth-order valence-electron chi connectivity index (χ4n) is 2.15. The van der Waals surface area contributed by atoms with Crippen molar-refractivity contribution >= 4 is 63.8 Å². The van der Waals surface area contributed by atoms with Crippen molar-refractivity contribution in [2.75, 3.05) is 7.11 Å². The van der Waals surface area contributed by atoms with Gasteiger partial charge in [-0.25, -0.2) is 9.79 Å². The number of thioether (sulfide) groups is 1. The number of hydrogen-bond acceptors (Lipinski definition) is 5. The van der Waals surface area contributed by atoms with Gasteiger partial charge in [0.1, 0.15) is 0 Å². The van der Waals surface area contributed by atoms with Crippen molar-refractivity contribution in [1.82, 2.24) is 5.32 Å². The molecule has 1 aliphatic heterocycles. The van der Waals surface area contributed by atoms with Crippen molar-refractivity contribution in [1.29, 1.82) is 0 Å². The summed E-state index contributed by atoms with van der Waals surface area (Å²) in [6, 6.07) is 11.8. The monoisotopic (exact) mass is 406 g/mol. The number of carbonyl (C=O) groups is 2. The van der Waals surface area contributed by atoms with E-state index in [2.05, 4.69) is 15.0 Å². The van der Waals surface area contributed by atoms with E-state index in [4.69, 9.17) is 23.2 Å². The molecule has 132 valence electrons. The van der Waals surface area contributed by atoms with Gasteiger partial charge in [0, 0.05) is 0 Å². The van der Waals surface area contributed by atoms with Gasteiger partial charge in [0.25, 0.3) is 5.91 Å². The Balaban J connectivity index is 1.81. The van der Waals surface area contributed by atoms with Gasteiger partial charge in [-0.2, -0.15) is 0 Å². The molecule has 5 nitrogen and oxygen atoms in total. The van der Waals surface area contributed by atoms with Crippen molar-refractivity contribution in [3.8, 4) is 0 Å². The number of amidine groups is 1. The topological polar surface area (TPSA) is 67.8 Å². The molecule has 2 aromatic carbocycles. The third-order valence-electron chi connectivity index (χ3n) is 3.43. The lowest BCUT2D eigenvalue weighted by Gasteiger charge is -2.01. The van der Waals surface area contributed by atoms with Crippen LogP contribution in [0.15, 0.2) is 52.4 Å². The number of esters is 1. The largest absolute Gasteiger partial charge is 0.465 e. The molecule has 1 heterocycles. The molecule has 3 rings (SSSR count). The molecule has 1 saturated heterocycles. The zero-order valence-corrected chi connectivity index (χ0v) is 15.8. The van der Waals surface area contributed by atoms with Crippen LogP contribution >= 0.6 is 35.0 Å². The van der Waals surface area contributed by atoms with E-state index in [1.54, 1.807) is 48.5 Å². The minimum Gasteiger partial charge on any atom is -0.465 e. The van der Waals surface area contributed by atoms with E-state index >= 15 is 0 Å². The highest BCUT2D eigenvalue weighted by Crippen LogP contribution is 2.34. The highest BCUT2D eigenvalue weighted by Gasteiger charge is 2.24. The Morgan fingerprint density at radius 2 is 1.92 bits per heavy atom. The number of rotatable bonds is 3. The first-order valence-electron chi connectivity index (χ1n) is 7.40. The van der Waals surface area contributed by atoms with Gasteiger partial charge in [-0.05, 0) is 47.7 Å². The third-order valence-corrected chi connectivity index (χ3v) is 5.15. The van der Waals surface area contributed by atoms with Crippen molar-refractivity contribution in [2.24, 2.45) is 4.99 Å². The zero-order chi connectivity index (χ0) is 18.7. The van der Waals surface area contributed by atoms with Crippen LogP contribution in [0.3, 0.4) is 0 Å². The number of benzene rings is 2.